The molecular weight excluding hydrogens is 497 g/mol. The lowest BCUT2D eigenvalue weighted by Gasteiger charge is -2.20. The summed E-state index contributed by atoms with van der Waals surface area (Å²) in [7, 11) is 1.50. The lowest BCUT2D eigenvalue weighted by molar-refractivity contribution is 0.0553. The Labute approximate surface area is 224 Å². The van der Waals surface area contributed by atoms with Gasteiger partial charge in [0.05, 0.1) is 31.1 Å². The maximum atomic E-state index is 15.8. The number of hydrogen-bond acceptors (Lipinski definition) is 7. The largest absolute Gasteiger partial charge is 0.467 e. The Balaban J connectivity index is 1.23. The first kappa shape index (κ1) is 24.7. The highest BCUT2D eigenvalue weighted by Crippen LogP contribution is 2.31. The van der Waals surface area contributed by atoms with Crippen LogP contribution in [-0.4, -0.2) is 52.0 Å². The summed E-state index contributed by atoms with van der Waals surface area (Å²) in [5, 5.41) is 0.591. The fraction of sp³-hybridized carbons (Fsp3) is 0.200. The Bertz CT molecular complexity index is 1620. The number of fused-ring (bicyclic) bond motifs is 1. The zero-order valence-electron chi connectivity index (χ0n) is 21.3. The van der Waals surface area contributed by atoms with E-state index in [0.29, 0.717) is 42.0 Å². The quantitative estimate of drug-likeness (QED) is 0.280. The minimum absolute atomic E-state index is 0.0102. The Hall–Kier alpha value is -4.63. The van der Waals surface area contributed by atoms with Crippen molar-refractivity contribution in [2.24, 2.45) is 0 Å². The Kier molecular flexibility index (Phi) is 6.73. The number of methoxy groups -OCH3 is 1. The third kappa shape index (κ3) is 4.96. The van der Waals surface area contributed by atoms with Gasteiger partial charge in [-0.1, -0.05) is 36.4 Å². The van der Waals surface area contributed by atoms with Crippen molar-refractivity contribution in [1.29, 1.82) is 0 Å². The predicted octanol–water partition coefficient (Wildman–Crippen LogP) is 5.19. The summed E-state index contributed by atoms with van der Waals surface area (Å²) in [4.78, 5) is 31.3. The Morgan fingerprint density at radius 2 is 1.82 bits per heavy atom. The summed E-state index contributed by atoms with van der Waals surface area (Å²) < 4.78 is 26.9. The molecule has 5 aromatic rings. The maximum absolute atomic E-state index is 15.8. The molecule has 1 aliphatic rings. The first-order valence-corrected chi connectivity index (χ1v) is 12.7. The molecule has 1 N–H and O–H groups in total. The number of H-pyrrole nitrogens is 1. The Morgan fingerprint density at radius 3 is 2.62 bits per heavy atom. The molecule has 1 aliphatic heterocycles. The van der Waals surface area contributed by atoms with Gasteiger partial charge in [-0.15, -0.1) is 0 Å². The number of aromatic amines is 1. The van der Waals surface area contributed by atoms with Gasteiger partial charge in [-0.25, -0.2) is 19.3 Å². The van der Waals surface area contributed by atoms with E-state index >= 15 is 4.39 Å². The van der Waals surface area contributed by atoms with Crippen LogP contribution in [0.2, 0.25) is 0 Å². The fourth-order valence-corrected chi connectivity index (χ4v) is 4.88. The van der Waals surface area contributed by atoms with Crippen LogP contribution in [0.1, 0.15) is 27.9 Å². The van der Waals surface area contributed by atoms with Gasteiger partial charge < -0.3 is 19.4 Å². The molecular formula is C30H26FN5O3. The molecule has 8 nitrogen and oxygen atoms in total. The molecule has 4 heterocycles. The lowest BCUT2D eigenvalue weighted by atomic mass is 10.0. The van der Waals surface area contributed by atoms with E-state index < -0.39 is 11.6 Å². The number of hydrogen-bond donors (Lipinski definition) is 1. The van der Waals surface area contributed by atoms with Crippen LogP contribution in [0.15, 0.2) is 79.4 Å². The van der Waals surface area contributed by atoms with Crippen LogP contribution in [-0.2, 0) is 11.3 Å². The summed E-state index contributed by atoms with van der Waals surface area (Å²) in [5.74, 6) is -0.949. The van der Waals surface area contributed by atoms with Crippen LogP contribution >= 0.6 is 0 Å². The monoisotopic (exact) mass is 523 g/mol. The molecule has 9 heteroatoms. The molecule has 1 fully saturated rings. The average molecular weight is 524 g/mol. The third-order valence-corrected chi connectivity index (χ3v) is 6.96. The highest BCUT2D eigenvalue weighted by Gasteiger charge is 2.28. The van der Waals surface area contributed by atoms with E-state index in [1.807, 2.05) is 41.3 Å². The van der Waals surface area contributed by atoms with E-state index in [0.717, 1.165) is 23.1 Å². The van der Waals surface area contributed by atoms with E-state index in [1.165, 1.54) is 13.2 Å². The summed E-state index contributed by atoms with van der Waals surface area (Å²) in [6.45, 7) is 1.73. The number of carbonyl (C=O) groups is 1. The number of nitrogens with zero attached hydrogens (tertiary/aromatic N) is 4. The number of aromatic nitrogens is 4. The molecule has 3 aromatic heterocycles. The molecule has 39 heavy (non-hydrogen) atoms. The topological polar surface area (TPSA) is 93.2 Å². The second kappa shape index (κ2) is 10.6. The van der Waals surface area contributed by atoms with Crippen molar-refractivity contribution in [1.82, 2.24) is 19.9 Å². The fourth-order valence-electron chi connectivity index (χ4n) is 4.88. The molecule has 1 atom stereocenters. The van der Waals surface area contributed by atoms with Crippen molar-refractivity contribution in [3.63, 3.8) is 0 Å². The molecule has 0 spiro atoms. The van der Waals surface area contributed by atoms with Crippen LogP contribution in [0.4, 0.5) is 10.1 Å². The molecule has 1 saturated heterocycles. The molecule has 0 amide bonds. The Morgan fingerprint density at radius 1 is 1.03 bits per heavy atom. The van der Waals surface area contributed by atoms with E-state index in [2.05, 4.69) is 19.9 Å². The van der Waals surface area contributed by atoms with Gasteiger partial charge in [-0.05, 0) is 30.2 Å². The van der Waals surface area contributed by atoms with Crippen molar-refractivity contribution in [2.75, 3.05) is 25.1 Å². The number of carbonyl (C=O) groups excluding carboxylic acids is 1. The van der Waals surface area contributed by atoms with Gasteiger partial charge in [0.2, 0.25) is 0 Å². The number of halogens is 1. The molecule has 1 unspecified atom stereocenters. The smallest absolute Gasteiger partial charge is 0.316 e. The van der Waals surface area contributed by atoms with Gasteiger partial charge in [0.15, 0.2) is 11.6 Å². The van der Waals surface area contributed by atoms with Crippen LogP contribution in [0.5, 0.6) is 6.01 Å². The van der Waals surface area contributed by atoms with Crippen LogP contribution in [0, 0.1) is 5.82 Å². The summed E-state index contributed by atoms with van der Waals surface area (Å²) in [6.07, 6.45) is 7.27. The second-order valence-electron chi connectivity index (χ2n) is 9.40. The number of ketones is 1. The first-order chi connectivity index (χ1) is 19.1. The van der Waals surface area contributed by atoms with E-state index in [9.17, 15) is 4.79 Å². The van der Waals surface area contributed by atoms with Gasteiger partial charge in [-0.3, -0.25) is 4.79 Å². The minimum atomic E-state index is -0.534. The van der Waals surface area contributed by atoms with Crippen molar-refractivity contribution in [3.8, 4) is 17.1 Å². The van der Waals surface area contributed by atoms with Gasteiger partial charge in [0.25, 0.3) is 0 Å². The van der Waals surface area contributed by atoms with Crippen molar-refractivity contribution in [3.05, 3.63) is 102 Å². The van der Waals surface area contributed by atoms with Crippen molar-refractivity contribution < 1.29 is 18.7 Å². The standard InChI is InChI=1S/C30H26FN5O3/c1-38-30-34-14-21(15-35-30)20-12-24-25(16-33-29(24)32-13-20)28(37)23-8-5-9-26(27(23)31)36-11-10-22(17-36)39-18-19-6-3-2-4-7-19/h2-9,12-16,22H,10-11,17-18H2,1H3,(H,32,33). The van der Waals surface area contributed by atoms with E-state index in [-0.39, 0.29) is 17.7 Å². The SMILES string of the molecule is COc1ncc(-c2cnc3[nH]cc(C(=O)c4cccc(N5CCC(OCc6ccccc6)C5)c4F)c3c2)cn1. The molecule has 2 aromatic carbocycles. The maximum Gasteiger partial charge on any atom is 0.316 e. The summed E-state index contributed by atoms with van der Waals surface area (Å²) >= 11 is 0. The normalized spacial score (nSPS) is 15.1. The molecule has 0 bridgehead atoms. The zero-order chi connectivity index (χ0) is 26.8. The van der Waals surface area contributed by atoms with E-state index in [1.54, 1.807) is 36.9 Å². The number of anilines is 1. The number of ether oxygens (including phenoxy) is 2. The summed E-state index contributed by atoms with van der Waals surface area (Å²) in [5.41, 5.74) is 3.84. The number of benzene rings is 2. The molecule has 6 rings (SSSR count). The van der Waals surface area contributed by atoms with Crippen LogP contribution in [0.3, 0.4) is 0 Å². The van der Waals surface area contributed by atoms with Crippen molar-refractivity contribution in [2.45, 2.75) is 19.1 Å². The highest BCUT2D eigenvalue weighted by molar-refractivity contribution is 6.16. The number of rotatable bonds is 8. The molecule has 0 radical (unpaired) electrons. The van der Waals surface area contributed by atoms with Crippen molar-refractivity contribution >= 4 is 22.5 Å². The minimum Gasteiger partial charge on any atom is -0.467 e. The van der Waals surface area contributed by atoms with Gasteiger partial charge in [-0.2, -0.15) is 0 Å². The predicted molar refractivity (Wildman–Crippen MR) is 145 cm³/mol. The molecule has 0 saturated carbocycles. The second-order valence-corrected chi connectivity index (χ2v) is 9.40. The van der Waals surface area contributed by atoms with Gasteiger partial charge >= 0.3 is 6.01 Å². The third-order valence-electron chi connectivity index (χ3n) is 6.96. The lowest BCUT2D eigenvalue weighted by Crippen LogP contribution is -2.24. The van der Waals surface area contributed by atoms with Gasteiger partial charge in [0, 0.05) is 60.0 Å². The van der Waals surface area contributed by atoms with Crippen LogP contribution in [0.25, 0.3) is 22.2 Å². The molecule has 196 valence electrons. The van der Waals surface area contributed by atoms with Gasteiger partial charge in [0.1, 0.15) is 5.65 Å². The van der Waals surface area contributed by atoms with Crippen LogP contribution < -0.4 is 9.64 Å². The summed E-state index contributed by atoms with van der Waals surface area (Å²) in [6, 6.07) is 17.0. The van der Waals surface area contributed by atoms with E-state index in [4.69, 9.17) is 9.47 Å². The number of nitrogens with one attached hydrogen (secondary N) is 1. The highest BCUT2D eigenvalue weighted by atomic mass is 19.1. The average Bonchev–Trinajstić information content (AvgIpc) is 3.63. The zero-order valence-corrected chi connectivity index (χ0v) is 21.3. The first-order valence-electron chi connectivity index (χ1n) is 12.7. The molecule has 0 aliphatic carbocycles. The number of pyridine rings is 1.